The number of amides is 1. The quantitative estimate of drug-likeness (QED) is 0.818. The second kappa shape index (κ2) is 4.63. The first-order valence-corrected chi connectivity index (χ1v) is 6.72. The van der Waals surface area contributed by atoms with Crippen LogP contribution in [0.15, 0.2) is 24.3 Å². The second-order valence-corrected chi connectivity index (χ2v) is 5.25. The van der Waals surface area contributed by atoms with Gasteiger partial charge in [-0.05, 0) is 42.9 Å². The second-order valence-electron chi connectivity index (χ2n) is 5.25. The van der Waals surface area contributed by atoms with E-state index in [1.54, 1.807) is 7.11 Å². The fourth-order valence-electron chi connectivity index (χ4n) is 2.86. The summed E-state index contributed by atoms with van der Waals surface area (Å²) in [6, 6.07) is 8.12. The van der Waals surface area contributed by atoms with Crippen molar-refractivity contribution < 1.29 is 9.53 Å². The summed E-state index contributed by atoms with van der Waals surface area (Å²) in [5, 5.41) is 0. The highest BCUT2D eigenvalue weighted by Crippen LogP contribution is 2.48. The minimum absolute atomic E-state index is 0.233. The number of likely N-dealkylation sites (tertiary alicyclic amines) is 1. The molecule has 0 aromatic heterocycles. The zero-order valence-electron chi connectivity index (χ0n) is 10.8. The average molecular weight is 245 g/mol. The summed E-state index contributed by atoms with van der Waals surface area (Å²) in [6.45, 7) is 1.93. The van der Waals surface area contributed by atoms with Gasteiger partial charge in [0.25, 0.3) is 0 Å². The number of nitrogens with zero attached hydrogens (tertiary/aromatic N) is 1. The fraction of sp³-hybridized carbons (Fsp3) is 0.533. The van der Waals surface area contributed by atoms with Crippen LogP contribution >= 0.6 is 0 Å². The fourth-order valence-corrected chi connectivity index (χ4v) is 2.86. The Bertz CT molecular complexity index is 434. The van der Waals surface area contributed by atoms with Gasteiger partial charge in [-0.25, -0.2) is 0 Å². The third-order valence-electron chi connectivity index (χ3n) is 4.07. The van der Waals surface area contributed by atoms with Crippen molar-refractivity contribution in [1.82, 2.24) is 4.90 Å². The molecule has 0 bridgehead atoms. The average Bonchev–Trinajstić information content (AvgIpc) is 3.03. The predicted molar refractivity (Wildman–Crippen MR) is 69.7 cm³/mol. The predicted octanol–water partition coefficient (Wildman–Crippen LogP) is 2.42. The van der Waals surface area contributed by atoms with Crippen molar-refractivity contribution in [3.63, 3.8) is 0 Å². The summed E-state index contributed by atoms with van der Waals surface area (Å²) < 4.78 is 5.15. The van der Waals surface area contributed by atoms with Gasteiger partial charge >= 0.3 is 0 Å². The molecule has 3 rings (SSSR count). The van der Waals surface area contributed by atoms with E-state index in [2.05, 4.69) is 12.1 Å². The van der Waals surface area contributed by atoms with E-state index in [1.807, 2.05) is 17.0 Å². The monoisotopic (exact) mass is 245 g/mol. The van der Waals surface area contributed by atoms with Crippen LogP contribution in [0.4, 0.5) is 0 Å². The molecular formula is C15H19NO2. The molecule has 1 aliphatic heterocycles. The molecule has 2 unspecified atom stereocenters. The number of methoxy groups -OCH3 is 1. The van der Waals surface area contributed by atoms with Crippen molar-refractivity contribution in [2.45, 2.75) is 25.2 Å². The molecule has 1 saturated heterocycles. The maximum Gasteiger partial charge on any atom is 0.226 e. The van der Waals surface area contributed by atoms with E-state index in [9.17, 15) is 4.79 Å². The Morgan fingerprint density at radius 1 is 1.22 bits per heavy atom. The molecule has 18 heavy (non-hydrogen) atoms. The van der Waals surface area contributed by atoms with Crippen molar-refractivity contribution in [3.05, 3.63) is 29.8 Å². The van der Waals surface area contributed by atoms with Crippen molar-refractivity contribution in [1.29, 1.82) is 0 Å². The van der Waals surface area contributed by atoms with Gasteiger partial charge in [0.15, 0.2) is 0 Å². The lowest BCUT2D eigenvalue weighted by molar-refractivity contribution is -0.131. The molecule has 0 N–H and O–H groups in total. The van der Waals surface area contributed by atoms with Gasteiger partial charge in [0.05, 0.1) is 7.11 Å². The van der Waals surface area contributed by atoms with Crippen LogP contribution in [-0.4, -0.2) is 31.0 Å². The van der Waals surface area contributed by atoms with Crippen molar-refractivity contribution >= 4 is 5.91 Å². The molecule has 3 nitrogen and oxygen atoms in total. The van der Waals surface area contributed by atoms with E-state index >= 15 is 0 Å². The van der Waals surface area contributed by atoms with Gasteiger partial charge in [-0.1, -0.05) is 12.1 Å². The van der Waals surface area contributed by atoms with Gasteiger partial charge in [0, 0.05) is 19.0 Å². The maximum absolute atomic E-state index is 12.2. The molecule has 1 saturated carbocycles. The molecule has 2 atom stereocenters. The molecule has 2 aliphatic rings. The molecular weight excluding hydrogens is 226 g/mol. The number of hydrogen-bond donors (Lipinski definition) is 0. The highest BCUT2D eigenvalue weighted by atomic mass is 16.5. The maximum atomic E-state index is 12.2. The smallest absolute Gasteiger partial charge is 0.226 e. The number of carbonyl (C=O) groups is 1. The molecule has 3 heteroatoms. The lowest BCUT2D eigenvalue weighted by Gasteiger charge is -2.15. The minimum Gasteiger partial charge on any atom is -0.497 e. The molecule has 1 aliphatic carbocycles. The third kappa shape index (κ3) is 2.09. The number of carbonyl (C=O) groups excluding carboxylic acids is 1. The van der Waals surface area contributed by atoms with Crippen LogP contribution in [0, 0.1) is 5.92 Å². The van der Waals surface area contributed by atoms with Crippen LogP contribution < -0.4 is 4.74 Å². The van der Waals surface area contributed by atoms with Crippen LogP contribution in [0.2, 0.25) is 0 Å². The van der Waals surface area contributed by atoms with E-state index in [-0.39, 0.29) is 5.92 Å². The van der Waals surface area contributed by atoms with E-state index < -0.39 is 0 Å². The third-order valence-corrected chi connectivity index (χ3v) is 4.07. The van der Waals surface area contributed by atoms with E-state index in [4.69, 9.17) is 4.74 Å². The van der Waals surface area contributed by atoms with Crippen LogP contribution in [-0.2, 0) is 4.79 Å². The number of rotatable bonds is 3. The number of ether oxygens (including phenoxy) is 1. The van der Waals surface area contributed by atoms with E-state index in [1.165, 1.54) is 18.4 Å². The molecule has 2 fully saturated rings. The standard InChI is InChI=1S/C15H19NO2/c1-18-12-6-4-11(5-7-12)13-10-14(13)15(17)16-8-2-3-9-16/h4-7,13-14H,2-3,8-10H2,1H3. The molecule has 1 amide bonds. The first-order chi connectivity index (χ1) is 8.79. The highest BCUT2D eigenvalue weighted by molar-refractivity contribution is 5.83. The number of benzene rings is 1. The van der Waals surface area contributed by atoms with E-state index in [0.717, 1.165) is 25.3 Å². The molecule has 96 valence electrons. The molecule has 1 aromatic rings. The van der Waals surface area contributed by atoms with Gasteiger partial charge in [-0.2, -0.15) is 0 Å². The van der Waals surface area contributed by atoms with Gasteiger partial charge in [-0.3, -0.25) is 4.79 Å². The van der Waals surface area contributed by atoms with Crippen LogP contribution in [0.3, 0.4) is 0 Å². The minimum atomic E-state index is 0.233. The highest BCUT2D eigenvalue weighted by Gasteiger charge is 2.45. The Morgan fingerprint density at radius 2 is 1.89 bits per heavy atom. The summed E-state index contributed by atoms with van der Waals surface area (Å²) in [7, 11) is 1.67. The van der Waals surface area contributed by atoms with Gasteiger partial charge in [0.2, 0.25) is 5.91 Å². The Balaban J connectivity index is 1.63. The zero-order valence-corrected chi connectivity index (χ0v) is 10.8. The molecule has 1 aromatic carbocycles. The summed E-state index contributed by atoms with van der Waals surface area (Å²) >= 11 is 0. The Kier molecular flexibility index (Phi) is 2.98. The van der Waals surface area contributed by atoms with Crippen LogP contribution in [0.5, 0.6) is 5.75 Å². The largest absolute Gasteiger partial charge is 0.497 e. The van der Waals surface area contributed by atoms with Gasteiger partial charge in [-0.15, -0.1) is 0 Å². The number of hydrogen-bond acceptors (Lipinski definition) is 2. The first-order valence-electron chi connectivity index (χ1n) is 6.72. The SMILES string of the molecule is COc1ccc(C2CC2C(=O)N2CCCC2)cc1. The Morgan fingerprint density at radius 3 is 2.50 bits per heavy atom. The molecule has 0 spiro atoms. The molecule has 1 heterocycles. The topological polar surface area (TPSA) is 29.5 Å². The van der Waals surface area contributed by atoms with Gasteiger partial charge < -0.3 is 9.64 Å². The summed E-state index contributed by atoms with van der Waals surface area (Å²) in [5.41, 5.74) is 1.27. The summed E-state index contributed by atoms with van der Waals surface area (Å²) in [6.07, 6.45) is 3.36. The van der Waals surface area contributed by atoms with Crippen molar-refractivity contribution in [2.75, 3.05) is 20.2 Å². The lowest BCUT2D eigenvalue weighted by atomic mass is 10.1. The molecule has 0 radical (unpaired) electrons. The van der Waals surface area contributed by atoms with Gasteiger partial charge in [0.1, 0.15) is 5.75 Å². The Labute approximate surface area is 108 Å². The Hall–Kier alpha value is -1.51. The van der Waals surface area contributed by atoms with Crippen molar-refractivity contribution in [2.24, 2.45) is 5.92 Å². The first kappa shape index (κ1) is 11.6. The zero-order chi connectivity index (χ0) is 12.5. The summed E-state index contributed by atoms with van der Waals surface area (Å²) in [5.74, 6) is 1.91. The summed E-state index contributed by atoms with van der Waals surface area (Å²) in [4.78, 5) is 14.3. The van der Waals surface area contributed by atoms with Crippen molar-refractivity contribution in [3.8, 4) is 5.75 Å². The van der Waals surface area contributed by atoms with Crippen LogP contribution in [0.1, 0.15) is 30.7 Å². The normalized spacial score (nSPS) is 26.2. The van der Waals surface area contributed by atoms with E-state index in [0.29, 0.717) is 11.8 Å². The lowest BCUT2D eigenvalue weighted by Crippen LogP contribution is -2.29. The van der Waals surface area contributed by atoms with Crippen LogP contribution in [0.25, 0.3) is 0 Å².